The minimum Gasteiger partial charge on any atom is -0.368 e. The van der Waals surface area contributed by atoms with E-state index in [0.717, 1.165) is 74.7 Å². The molecule has 3 heterocycles. The van der Waals surface area contributed by atoms with Crippen LogP contribution in [0.4, 0.5) is 10.8 Å². The highest BCUT2D eigenvalue weighted by molar-refractivity contribution is 7.13. The molecular formula is C22H30ClN5OS. The van der Waals surface area contributed by atoms with Gasteiger partial charge in [-0.15, -0.1) is 11.3 Å². The molecule has 2 saturated heterocycles. The molecule has 0 saturated carbocycles. The fourth-order valence-corrected chi connectivity index (χ4v) is 5.09. The van der Waals surface area contributed by atoms with E-state index in [9.17, 15) is 4.79 Å². The lowest BCUT2D eigenvalue weighted by atomic mass is 10.2. The van der Waals surface area contributed by atoms with Gasteiger partial charge >= 0.3 is 0 Å². The van der Waals surface area contributed by atoms with Crippen molar-refractivity contribution in [3.8, 4) is 0 Å². The minimum atomic E-state index is 0.0743. The summed E-state index contributed by atoms with van der Waals surface area (Å²) in [5.74, 6) is 0.0743. The number of rotatable bonds is 6. The molecule has 2 aromatic rings. The molecule has 6 nitrogen and oxygen atoms in total. The summed E-state index contributed by atoms with van der Waals surface area (Å²) in [6, 6.07) is 8.01. The molecule has 1 aromatic heterocycles. The summed E-state index contributed by atoms with van der Waals surface area (Å²) in [6.45, 7) is 10.5. The first kappa shape index (κ1) is 21.4. The first-order chi connectivity index (χ1) is 14.6. The molecule has 2 aliphatic heterocycles. The first-order valence-corrected chi connectivity index (χ1v) is 12.1. The molecule has 4 rings (SSSR count). The van der Waals surface area contributed by atoms with Gasteiger partial charge in [-0.3, -0.25) is 9.69 Å². The topological polar surface area (TPSA) is 42.9 Å². The van der Waals surface area contributed by atoms with Crippen molar-refractivity contribution in [2.75, 3.05) is 68.7 Å². The van der Waals surface area contributed by atoms with Crippen LogP contribution < -0.4 is 9.80 Å². The fraction of sp³-hybridized carbons (Fsp3) is 0.545. The van der Waals surface area contributed by atoms with Crippen molar-refractivity contribution in [2.24, 2.45) is 0 Å². The second-order valence-electron chi connectivity index (χ2n) is 7.96. The van der Waals surface area contributed by atoms with E-state index in [-0.39, 0.29) is 5.91 Å². The number of hydrogen-bond donors (Lipinski definition) is 0. The Morgan fingerprint density at radius 1 is 1.07 bits per heavy atom. The van der Waals surface area contributed by atoms with E-state index < -0.39 is 0 Å². The summed E-state index contributed by atoms with van der Waals surface area (Å²) in [4.78, 5) is 26.6. The SMILES string of the molecule is CCCCN1CCN(C(=O)c2csc(N3CCN(c4cccc(Cl)c4)CC3)n2)CC1. The van der Waals surface area contributed by atoms with E-state index in [1.165, 1.54) is 12.8 Å². The van der Waals surface area contributed by atoms with E-state index in [2.05, 4.69) is 32.7 Å². The van der Waals surface area contributed by atoms with Gasteiger partial charge in [0.1, 0.15) is 5.69 Å². The van der Waals surface area contributed by atoms with Crippen molar-refractivity contribution in [1.82, 2.24) is 14.8 Å². The van der Waals surface area contributed by atoms with Crippen LogP contribution in [-0.2, 0) is 0 Å². The van der Waals surface area contributed by atoms with Gasteiger partial charge in [-0.25, -0.2) is 4.98 Å². The van der Waals surface area contributed by atoms with Crippen LogP contribution in [0.25, 0.3) is 0 Å². The van der Waals surface area contributed by atoms with Crippen LogP contribution in [0, 0.1) is 0 Å². The molecule has 1 amide bonds. The van der Waals surface area contributed by atoms with Gasteiger partial charge < -0.3 is 14.7 Å². The lowest BCUT2D eigenvalue weighted by Crippen LogP contribution is -2.49. The molecule has 0 N–H and O–H groups in total. The Morgan fingerprint density at radius 3 is 2.50 bits per heavy atom. The monoisotopic (exact) mass is 447 g/mol. The number of nitrogens with zero attached hydrogens (tertiary/aromatic N) is 5. The average Bonchev–Trinajstić information content (AvgIpc) is 3.28. The lowest BCUT2D eigenvalue weighted by Gasteiger charge is -2.36. The fourth-order valence-electron chi connectivity index (χ4n) is 4.05. The van der Waals surface area contributed by atoms with Gasteiger partial charge in [0.15, 0.2) is 5.13 Å². The number of carbonyl (C=O) groups is 1. The Labute approximate surface area is 188 Å². The van der Waals surface area contributed by atoms with Crippen LogP contribution in [0.1, 0.15) is 30.3 Å². The second-order valence-corrected chi connectivity index (χ2v) is 9.23. The van der Waals surface area contributed by atoms with Gasteiger partial charge in [0.05, 0.1) is 0 Å². The van der Waals surface area contributed by atoms with Gasteiger partial charge in [-0.05, 0) is 31.2 Å². The van der Waals surface area contributed by atoms with E-state index in [1.807, 2.05) is 28.5 Å². The maximum atomic E-state index is 12.9. The number of amides is 1. The zero-order chi connectivity index (χ0) is 20.9. The zero-order valence-corrected chi connectivity index (χ0v) is 19.2. The van der Waals surface area contributed by atoms with Crippen molar-refractivity contribution in [3.05, 3.63) is 40.4 Å². The summed E-state index contributed by atoms with van der Waals surface area (Å²) < 4.78 is 0. The maximum absolute atomic E-state index is 12.9. The quantitative estimate of drug-likeness (QED) is 0.675. The second kappa shape index (κ2) is 9.98. The summed E-state index contributed by atoms with van der Waals surface area (Å²) in [6.07, 6.45) is 2.45. The number of thiazole rings is 1. The standard InChI is InChI=1S/C22H30ClN5OS/c1-2-3-7-25-8-10-27(11-9-25)21(29)20-17-30-22(24-20)28-14-12-26(13-15-28)19-6-4-5-18(23)16-19/h4-6,16-17H,2-3,7-15H2,1H3. The number of unbranched alkanes of at least 4 members (excludes halogenated alkanes) is 1. The molecule has 2 aliphatic rings. The number of aromatic nitrogens is 1. The van der Waals surface area contributed by atoms with E-state index in [1.54, 1.807) is 11.3 Å². The third kappa shape index (κ3) is 5.07. The van der Waals surface area contributed by atoms with E-state index in [0.29, 0.717) is 5.69 Å². The average molecular weight is 448 g/mol. The first-order valence-electron chi connectivity index (χ1n) is 10.9. The van der Waals surface area contributed by atoms with Gasteiger partial charge in [0.2, 0.25) is 0 Å². The number of benzene rings is 1. The normalized spacial score (nSPS) is 18.1. The number of halogens is 1. The van der Waals surface area contributed by atoms with Crippen LogP contribution in [0.5, 0.6) is 0 Å². The number of carbonyl (C=O) groups excluding carboxylic acids is 1. The predicted molar refractivity (Wildman–Crippen MR) is 125 cm³/mol. The van der Waals surface area contributed by atoms with Crippen LogP contribution in [0.2, 0.25) is 5.02 Å². The van der Waals surface area contributed by atoms with E-state index >= 15 is 0 Å². The largest absolute Gasteiger partial charge is 0.368 e. The Bertz CT molecular complexity index is 844. The molecule has 0 unspecified atom stereocenters. The molecule has 162 valence electrons. The highest BCUT2D eigenvalue weighted by Crippen LogP contribution is 2.26. The highest BCUT2D eigenvalue weighted by atomic mass is 35.5. The van der Waals surface area contributed by atoms with Crippen molar-refractivity contribution in [1.29, 1.82) is 0 Å². The van der Waals surface area contributed by atoms with Gasteiger partial charge in [-0.2, -0.15) is 0 Å². The molecule has 8 heteroatoms. The highest BCUT2D eigenvalue weighted by Gasteiger charge is 2.25. The third-order valence-electron chi connectivity index (χ3n) is 5.92. The zero-order valence-electron chi connectivity index (χ0n) is 17.6. The summed E-state index contributed by atoms with van der Waals surface area (Å²) in [7, 11) is 0. The Balaban J connectivity index is 1.30. The smallest absolute Gasteiger partial charge is 0.273 e. The molecule has 0 radical (unpaired) electrons. The van der Waals surface area contributed by atoms with Crippen LogP contribution in [0.15, 0.2) is 29.6 Å². The van der Waals surface area contributed by atoms with E-state index in [4.69, 9.17) is 11.6 Å². The summed E-state index contributed by atoms with van der Waals surface area (Å²) >= 11 is 7.71. The van der Waals surface area contributed by atoms with Crippen LogP contribution in [0.3, 0.4) is 0 Å². The third-order valence-corrected chi connectivity index (χ3v) is 7.06. The number of anilines is 2. The molecule has 2 fully saturated rings. The summed E-state index contributed by atoms with van der Waals surface area (Å²) in [5, 5.41) is 3.64. The molecular weight excluding hydrogens is 418 g/mol. The van der Waals surface area contributed by atoms with Gasteiger partial charge in [-0.1, -0.05) is 31.0 Å². The Kier molecular flexibility index (Phi) is 7.12. The van der Waals surface area contributed by atoms with Crippen molar-refractivity contribution in [2.45, 2.75) is 19.8 Å². The molecule has 30 heavy (non-hydrogen) atoms. The van der Waals surface area contributed by atoms with Crippen LogP contribution in [-0.4, -0.2) is 79.6 Å². The van der Waals surface area contributed by atoms with Crippen molar-refractivity contribution in [3.63, 3.8) is 0 Å². The Morgan fingerprint density at radius 2 is 1.80 bits per heavy atom. The lowest BCUT2D eigenvalue weighted by molar-refractivity contribution is 0.0631. The van der Waals surface area contributed by atoms with Crippen molar-refractivity contribution >= 4 is 39.7 Å². The van der Waals surface area contributed by atoms with Gasteiger partial charge in [0, 0.05) is 68.4 Å². The van der Waals surface area contributed by atoms with Gasteiger partial charge in [0.25, 0.3) is 5.91 Å². The minimum absolute atomic E-state index is 0.0743. The number of piperazine rings is 2. The predicted octanol–water partition coefficient (Wildman–Crippen LogP) is 3.68. The molecule has 0 atom stereocenters. The maximum Gasteiger partial charge on any atom is 0.273 e. The molecule has 0 aliphatic carbocycles. The number of hydrogen-bond acceptors (Lipinski definition) is 6. The van der Waals surface area contributed by atoms with Crippen LogP contribution >= 0.6 is 22.9 Å². The molecule has 0 bridgehead atoms. The molecule has 1 aromatic carbocycles. The molecule has 0 spiro atoms. The Hall–Kier alpha value is -1.83. The summed E-state index contributed by atoms with van der Waals surface area (Å²) in [5.41, 5.74) is 1.75. The van der Waals surface area contributed by atoms with Crippen molar-refractivity contribution < 1.29 is 4.79 Å².